The number of carbonyl (C=O) groups excluding carboxylic acids is 1. The largest absolute Gasteiger partial charge is 0.381 e. The molecule has 1 heterocycles. The van der Waals surface area contributed by atoms with E-state index in [-0.39, 0.29) is 17.5 Å². The molecule has 1 fully saturated rings. The van der Waals surface area contributed by atoms with E-state index in [2.05, 4.69) is 31.4 Å². The lowest BCUT2D eigenvalue weighted by atomic mass is 9.97. The van der Waals surface area contributed by atoms with E-state index in [0.717, 1.165) is 26.1 Å². The Morgan fingerprint density at radius 3 is 2.47 bits per heavy atom. The number of nitrogens with one attached hydrogen (secondary N) is 2. The van der Waals surface area contributed by atoms with Crippen LogP contribution < -0.4 is 10.6 Å². The van der Waals surface area contributed by atoms with Gasteiger partial charge in [0, 0.05) is 25.8 Å². The molecule has 0 aromatic heterocycles. The first kappa shape index (κ1) is 12.3. The summed E-state index contributed by atoms with van der Waals surface area (Å²) in [6.45, 7) is 8.50. The van der Waals surface area contributed by atoms with Crippen LogP contribution in [0.25, 0.3) is 0 Å². The van der Waals surface area contributed by atoms with Gasteiger partial charge in [-0.15, -0.1) is 0 Å². The molecular weight excluding hydrogens is 192 g/mol. The molecule has 4 heteroatoms. The van der Waals surface area contributed by atoms with Crippen molar-refractivity contribution in [3.8, 4) is 0 Å². The van der Waals surface area contributed by atoms with Crippen molar-refractivity contribution >= 4 is 6.03 Å². The molecule has 1 aliphatic heterocycles. The summed E-state index contributed by atoms with van der Waals surface area (Å²) < 4.78 is 5.22. The predicted octanol–water partition coefficient (Wildman–Crippen LogP) is 1.51. The van der Waals surface area contributed by atoms with Crippen LogP contribution in [-0.4, -0.2) is 31.8 Å². The minimum Gasteiger partial charge on any atom is -0.381 e. The van der Waals surface area contributed by atoms with E-state index in [1.807, 2.05) is 0 Å². The number of carbonyl (C=O) groups is 1. The summed E-state index contributed by atoms with van der Waals surface area (Å²) in [4.78, 5) is 11.5. The summed E-state index contributed by atoms with van der Waals surface area (Å²) >= 11 is 0. The Morgan fingerprint density at radius 2 is 1.93 bits per heavy atom. The first-order chi connectivity index (χ1) is 6.97. The molecule has 0 bridgehead atoms. The molecule has 0 aromatic carbocycles. The number of amides is 2. The molecule has 4 nitrogen and oxygen atoms in total. The molecule has 0 unspecified atom stereocenters. The quantitative estimate of drug-likeness (QED) is 0.732. The van der Waals surface area contributed by atoms with Crippen molar-refractivity contribution in [1.29, 1.82) is 0 Å². The molecule has 15 heavy (non-hydrogen) atoms. The molecule has 0 saturated carbocycles. The zero-order valence-electron chi connectivity index (χ0n) is 9.93. The highest BCUT2D eigenvalue weighted by Gasteiger charge is 2.17. The molecular formula is C11H22N2O2. The molecule has 2 amide bonds. The van der Waals surface area contributed by atoms with E-state index in [4.69, 9.17) is 4.74 Å². The van der Waals surface area contributed by atoms with E-state index in [9.17, 15) is 4.79 Å². The second kappa shape index (κ2) is 5.35. The van der Waals surface area contributed by atoms with Crippen LogP contribution in [-0.2, 0) is 4.74 Å². The molecule has 0 radical (unpaired) electrons. The SMILES string of the molecule is CC(C)(C)CNC(=O)NC1CCOCC1. The van der Waals surface area contributed by atoms with Crippen molar-refractivity contribution in [2.45, 2.75) is 39.7 Å². The zero-order chi connectivity index (χ0) is 11.3. The molecule has 0 aromatic rings. The molecule has 2 N–H and O–H groups in total. The van der Waals surface area contributed by atoms with Gasteiger partial charge < -0.3 is 15.4 Å². The van der Waals surface area contributed by atoms with Gasteiger partial charge in [0.25, 0.3) is 0 Å². The Bertz CT molecular complexity index is 205. The second-order valence-corrected chi connectivity index (χ2v) is 5.27. The summed E-state index contributed by atoms with van der Waals surface area (Å²) in [6, 6.07) is 0.218. The fourth-order valence-electron chi connectivity index (χ4n) is 1.42. The number of ether oxygens (including phenoxy) is 1. The average Bonchev–Trinajstić information content (AvgIpc) is 2.15. The maximum absolute atomic E-state index is 11.5. The summed E-state index contributed by atoms with van der Waals surface area (Å²) in [5.41, 5.74) is 0.132. The minimum absolute atomic E-state index is 0.0585. The topological polar surface area (TPSA) is 50.4 Å². The van der Waals surface area contributed by atoms with Gasteiger partial charge in [-0.05, 0) is 18.3 Å². The number of rotatable bonds is 2. The van der Waals surface area contributed by atoms with Gasteiger partial charge in [-0.1, -0.05) is 20.8 Å². The lowest BCUT2D eigenvalue weighted by Gasteiger charge is -2.24. The van der Waals surface area contributed by atoms with Crippen LogP contribution in [0.2, 0.25) is 0 Å². The van der Waals surface area contributed by atoms with Gasteiger partial charge in [0.1, 0.15) is 0 Å². The monoisotopic (exact) mass is 214 g/mol. The van der Waals surface area contributed by atoms with Crippen molar-refractivity contribution in [2.75, 3.05) is 19.8 Å². The standard InChI is InChI=1S/C11H22N2O2/c1-11(2,3)8-12-10(14)13-9-4-6-15-7-5-9/h9H,4-8H2,1-3H3,(H2,12,13,14). The third kappa shape index (κ3) is 5.62. The van der Waals surface area contributed by atoms with Crippen LogP contribution >= 0.6 is 0 Å². The van der Waals surface area contributed by atoms with Gasteiger partial charge in [0.2, 0.25) is 0 Å². The molecule has 88 valence electrons. The van der Waals surface area contributed by atoms with E-state index in [1.165, 1.54) is 0 Å². The third-order valence-electron chi connectivity index (χ3n) is 2.34. The Balaban J connectivity index is 2.17. The van der Waals surface area contributed by atoms with Crippen LogP contribution in [0.3, 0.4) is 0 Å². The van der Waals surface area contributed by atoms with Crippen LogP contribution in [0.5, 0.6) is 0 Å². The molecule has 1 rings (SSSR count). The van der Waals surface area contributed by atoms with E-state index < -0.39 is 0 Å². The van der Waals surface area contributed by atoms with E-state index in [1.54, 1.807) is 0 Å². The van der Waals surface area contributed by atoms with E-state index >= 15 is 0 Å². The Morgan fingerprint density at radius 1 is 1.33 bits per heavy atom. The van der Waals surface area contributed by atoms with Crippen LogP contribution in [0, 0.1) is 5.41 Å². The van der Waals surface area contributed by atoms with Gasteiger partial charge in [-0.25, -0.2) is 4.79 Å². The lowest BCUT2D eigenvalue weighted by molar-refractivity contribution is 0.0800. The van der Waals surface area contributed by atoms with Gasteiger partial charge in [-0.2, -0.15) is 0 Å². The van der Waals surface area contributed by atoms with Crippen molar-refractivity contribution in [3.63, 3.8) is 0 Å². The highest BCUT2D eigenvalue weighted by molar-refractivity contribution is 5.74. The zero-order valence-corrected chi connectivity index (χ0v) is 9.93. The maximum atomic E-state index is 11.5. The summed E-state index contributed by atoms with van der Waals surface area (Å²) in [5, 5.41) is 5.84. The number of hydrogen-bond donors (Lipinski definition) is 2. The summed E-state index contributed by atoms with van der Waals surface area (Å²) in [7, 11) is 0. The Hall–Kier alpha value is -0.770. The molecule has 0 spiro atoms. The fourth-order valence-corrected chi connectivity index (χ4v) is 1.42. The van der Waals surface area contributed by atoms with Gasteiger partial charge in [0.15, 0.2) is 0 Å². The minimum atomic E-state index is -0.0585. The van der Waals surface area contributed by atoms with Crippen molar-refractivity contribution in [1.82, 2.24) is 10.6 Å². The smallest absolute Gasteiger partial charge is 0.315 e. The summed E-state index contributed by atoms with van der Waals surface area (Å²) in [5.74, 6) is 0. The van der Waals surface area contributed by atoms with Gasteiger partial charge in [-0.3, -0.25) is 0 Å². The highest BCUT2D eigenvalue weighted by Crippen LogP contribution is 2.10. The van der Waals surface area contributed by atoms with Crippen LogP contribution in [0.4, 0.5) is 4.79 Å². The first-order valence-electron chi connectivity index (χ1n) is 5.59. The van der Waals surface area contributed by atoms with Crippen molar-refractivity contribution < 1.29 is 9.53 Å². The fraction of sp³-hybridized carbons (Fsp3) is 0.909. The molecule has 1 saturated heterocycles. The second-order valence-electron chi connectivity index (χ2n) is 5.27. The third-order valence-corrected chi connectivity index (χ3v) is 2.34. The van der Waals surface area contributed by atoms with Gasteiger partial charge >= 0.3 is 6.03 Å². The maximum Gasteiger partial charge on any atom is 0.315 e. The highest BCUT2D eigenvalue weighted by atomic mass is 16.5. The first-order valence-corrected chi connectivity index (χ1v) is 5.59. The molecule has 0 atom stereocenters. The normalized spacial score (nSPS) is 18.6. The van der Waals surface area contributed by atoms with E-state index in [0.29, 0.717) is 6.54 Å². The molecule has 1 aliphatic rings. The summed E-state index contributed by atoms with van der Waals surface area (Å²) in [6.07, 6.45) is 1.84. The lowest BCUT2D eigenvalue weighted by Crippen LogP contribution is -2.46. The van der Waals surface area contributed by atoms with Crippen molar-refractivity contribution in [2.24, 2.45) is 5.41 Å². The Labute approximate surface area is 91.8 Å². The van der Waals surface area contributed by atoms with Gasteiger partial charge in [0.05, 0.1) is 0 Å². The molecule has 0 aliphatic carbocycles. The van der Waals surface area contributed by atoms with Crippen LogP contribution in [0.1, 0.15) is 33.6 Å². The predicted molar refractivity (Wildman–Crippen MR) is 59.8 cm³/mol. The number of urea groups is 1. The number of hydrogen-bond acceptors (Lipinski definition) is 2. The van der Waals surface area contributed by atoms with Crippen LogP contribution in [0.15, 0.2) is 0 Å². The Kier molecular flexibility index (Phi) is 4.39. The average molecular weight is 214 g/mol. The van der Waals surface area contributed by atoms with Crippen molar-refractivity contribution in [3.05, 3.63) is 0 Å².